The Bertz CT molecular complexity index is 833. The molecule has 5 nitrogen and oxygen atoms in total. The van der Waals surface area contributed by atoms with Gasteiger partial charge in [-0.2, -0.15) is 0 Å². The van der Waals surface area contributed by atoms with Crippen molar-refractivity contribution >= 4 is 29.0 Å². The lowest BCUT2D eigenvalue weighted by Crippen LogP contribution is -2.33. The first-order valence-electron chi connectivity index (χ1n) is 7.71. The van der Waals surface area contributed by atoms with Crippen LogP contribution in [0.1, 0.15) is 25.5 Å². The van der Waals surface area contributed by atoms with Crippen molar-refractivity contribution in [2.75, 3.05) is 0 Å². The number of aromatic amines is 1. The molecule has 0 fully saturated rings. The molecule has 1 aromatic carbocycles. The molecule has 0 radical (unpaired) electrons. The molecule has 8 heteroatoms. The lowest BCUT2D eigenvalue weighted by molar-refractivity contribution is -0.120. The van der Waals surface area contributed by atoms with Crippen molar-refractivity contribution in [2.45, 2.75) is 30.3 Å². The highest BCUT2D eigenvalue weighted by molar-refractivity contribution is 8.00. The number of carbonyl (C=O) groups excluding carboxylic acids is 1. The Morgan fingerprint density at radius 3 is 2.72 bits per heavy atom. The third kappa shape index (κ3) is 4.46. The highest BCUT2D eigenvalue weighted by Gasteiger charge is 2.19. The SMILES string of the molecule is C[C@H](Sc1n[nH]c(-c2cccs2)n1)C(=O)N[C@H](C)c1ccc(F)cc1. The Morgan fingerprint density at radius 2 is 2.04 bits per heavy atom. The first kappa shape index (κ1) is 17.6. The Hall–Kier alpha value is -2.19. The summed E-state index contributed by atoms with van der Waals surface area (Å²) in [5, 5.41) is 12.1. The first-order valence-corrected chi connectivity index (χ1v) is 9.47. The highest BCUT2D eigenvalue weighted by atomic mass is 32.2. The van der Waals surface area contributed by atoms with Crippen LogP contribution in [0.15, 0.2) is 46.9 Å². The van der Waals surface area contributed by atoms with Crippen molar-refractivity contribution in [1.29, 1.82) is 0 Å². The number of H-pyrrole nitrogens is 1. The van der Waals surface area contributed by atoms with Crippen LogP contribution < -0.4 is 5.32 Å². The average Bonchev–Trinajstić information content (AvgIpc) is 3.26. The van der Waals surface area contributed by atoms with Gasteiger partial charge in [-0.15, -0.1) is 16.4 Å². The fourth-order valence-corrected chi connectivity index (χ4v) is 3.60. The fraction of sp³-hybridized carbons (Fsp3) is 0.235. The van der Waals surface area contributed by atoms with Crippen LogP contribution in [0, 0.1) is 5.82 Å². The zero-order chi connectivity index (χ0) is 17.8. The Balaban J connectivity index is 1.58. The van der Waals surface area contributed by atoms with Gasteiger partial charge in [0, 0.05) is 0 Å². The Morgan fingerprint density at radius 1 is 1.28 bits per heavy atom. The zero-order valence-electron chi connectivity index (χ0n) is 13.7. The number of rotatable bonds is 6. The molecule has 0 saturated heterocycles. The summed E-state index contributed by atoms with van der Waals surface area (Å²) in [6.07, 6.45) is 0. The van der Waals surface area contributed by atoms with E-state index in [9.17, 15) is 9.18 Å². The van der Waals surface area contributed by atoms with E-state index in [2.05, 4.69) is 20.5 Å². The smallest absolute Gasteiger partial charge is 0.233 e. The average molecular weight is 376 g/mol. The number of thiophene rings is 1. The van der Waals surface area contributed by atoms with Crippen LogP contribution in [0.4, 0.5) is 4.39 Å². The van der Waals surface area contributed by atoms with Crippen molar-refractivity contribution in [3.05, 3.63) is 53.2 Å². The summed E-state index contributed by atoms with van der Waals surface area (Å²) >= 11 is 2.86. The van der Waals surface area contributed by atoms with Gasteiger partial charge >= 0.3 is 0 Å². The molecule has 0 unspecified atom stereocenters. The first-order chi connectivity index (χ1) is 12.0. The molecule has 3 aromatic rings. The largest absolute Gasteiger partial charge is 0.349 e. The lowest BCUT2D eigenvalue weighted by atomic mass is 10.1. The number of halogens is 1. The number of hydrogen-bond donors (Lipinski definition) is 2. The molecule has 1 amide bonds. The normalized spacial score (nSPS) is 13.4. The molecule has 2 aromatic heterocycles. The summed E-state index contributed by atoms with van der Waals surface area (Å²) in [5.41, 5.74) is 0.852. The van der Waals surface area contributed by atoms with E-state index in [0.717, 1.165) is 10.4 Å². The summed E-state index contributed by atoms with van der Waals surface area (Å²) in [4.78, 5) is 17.8. The second-order valence-corrected chi connectivity index (χ2v) is 7.74. The van der Waals surface area contributed by atoms with Gasteiger partial charge in [0.2, 0.25) is 11.1 Å². The Labute approximate surface area is 153 Å². The minimum atomic E-state index is -0.352. The van der Waals surface area contributed by atoms with Crippen LogP contribution in [0.5, 0.6) is 0 Å². The highest BCUT2D eigenvalue weighted by Crippen LogP contribution is 2.25. The van der Waals surface area contributed by atoms with Crippen molar-refractivity contribution in [3.8, 4) is 10.7 Å². The number of carbonyl (C=O) groups is 1. The van der Waals surface area contributed by atoms with Gasteiger partial charge < -0.3 is 5.32 Å². The molecule has 0 saturated carbocycles. The van der Waals surface area contributed by atoms with E-state index in [1.165, 1.54) is 23.9 Å². The minimum absolute atomic E-state index is 0.121. The van der Waals surface area contributed by atoms with Crippen molar-refractivity contribution in [1.82, 2.24) is 20.5 Å². The summed E-state index contributed by atoms with van der Waals surface area (Å²) in [6.45, 7) is 3.67. The van der Waals surface area contributed by atoms with E-state index in [0.29, 0.717) is 11.0 Å². The monoisotopic (exact) mass is 376 g/mol. The second kappa shape index (κ2) is 7.79. The molecule has 2 N–H and O–H groups in total. The van der Waals surface area contributed by atoms with Gasteiger partial charge in [0.05, 0.1) is 16.2 Å². The van der Waals surface area contributed by atoms with E-state index < -0.39 is 0 Å². The molecule has 25 heavy (non-hydrogen) atoms. The Kier molecular flexibility index (Phi) is 5.50. The number of nitrogens with one attached hydrogen (secondary N) is 2. The molecule has 0 aliphatic carbocycles. The number of aromatic nitrogens is 3. The standard InChI is InChI=1S/C17H17FN4OS2/c1-10(12-5-7-13(18)8-6-12)19-16(23)11(2)25-17-20-15(21-22-17)14-4-3-9-24-14/h3-11H,1-2H3,(H,19,23)(H,20,21,22)/t10-,11+/m1/s1. The molecular formula is C17H17FN4OS2. The molecule has 2 atom stereocenters. The molecule has 0 spiro atoms. The molecule has 3 rings (SSSR count). The summed E-state index contributed by atoms with van der Waals surface area (Å²) in [6, 6.07) is 9.81. The maximum atomic E-state index is 13.0. The van der Waals surface area contributed by atoms with Crippen LogP contribution in [0.2, 0.25) is 0 Å². The van der Waals surface area contributed by atoms with E-state index in [-0.39, 0.29) is 23.0 Å². The van der Waals surface area contributed by atoms with Crippen LogP contribution >= 0.6 is 23.1 Å². The predicted octanol–water partition coefficient (Wildman–Crippen LogP) is 4.03. The van der Waals surface area contributed by atoms with Crippen LogP contribution in [0.25, 0.3) is 10.7 Å². The maximum Gasteiger partial charge on any atom is 0.233 e. The van der Waals surface area contributed by atoms with Crippen molar-refractivity contribution < 1.29 is 9.18 Å². The van der Waals surface area contributed by atoms with Gasteiger partial charge in [-0.3, -0.25) is 9.89 Å². The van der Waals surface area contributed by atoms with Gasteiger partial charge in [0.25, 0.3) is 0 Å². The summed E-state index contributed by atoms with van der Waals surface area (Å²) in [7, 11) is 0. The van der Waals surface area contributed by atoms with Crippen molar-refractivity contribution in [2.24, 2.45) is 0 Å². The van der Waals surface area contributed by atoms with Crippen LogP contribution in [-0.4, -0.2) is 26.3 Å². The van der Waals surface area contributed by atoms with Gasteiger partial charge in [0.1, 0.15) is 5.82 Å². The van der Waals surface area contributed by atoms with E-state index >= 15 is 0 Å². The van der Waals surface area contributed by atoms with E-state index in [1.54, 1.807) is 30.4 Å². The van der Waals surface area contributed by atoms with Crippen LogP contribution in [-0.2, 0) is 4.79 Å². The quantitative estimate of drug-likeness (QED) is 0.637. The molecule has 0 aliphatic heterocycles. The molecule has 0 bridgehead atoms. The van der Waals surface area contributed by atoms with Gasteiger partial charge in [-0.1, -0.05) is 30.0 Å². The number of hydrogen-bond acceptors (Lipinski definition) is 5. The maximum absolute atomic E-state index is 13.0. The van der Waals surface area contributed by atoms with Crippen molar-refractivity contribution in [3.63, 3.8) is 0 Å². The fourth-order valence-electron chi connectivity index (χ4n) is 2.20. The number of nitrogens with zero attached hydrogens (tertiary/aromatic N) is 2. The van der Waals surface area contributed by atoms with Gasteiger partial charge in [-0.25, -0.2) is 9.37 Å². The molecular weight excluding hydrogens is 359 g/mol. The van der Waals surface area contributed by atoms with Gasteiger partial charge in [-0.05, 0) is 43.0 Å². The molecule has 0 aliphatic rings. The second-order valence-electron chi connectivity index (χ2n) is 5.49. The van der Waals surface area contributed by atoms with Crippen LogP contribution in [0.3, 0.4) is 0 Å². The number of benzene rings is 1. The number of thioether (sulfide) groups is 1. The molecule has 2 heterocycles. The summed E-state index contributed by atoms with van der Waals surface area (Å²) in [5.74, 6) is 0.284. The lowest BCUT2D eigenvalue weighted by Gasteiger charge is -2.17. The predicted molar refractivity (Wildman–Crippen MR) is 98.0 cm³/mol. The minimum Gasteiger partial charge on any atom is -0.349 e. The molecule has 130 valence electrons. The topological polar surface area (TPSA) is 70.7 Å². The van der Waals surface area contributed by atoms with E-state index in [1.807, 2.05) is 24.4 Å². The summed E-state index contributed by atoms with van der Waals surface area (Å²) < 4.78 is 13.0. The third-order valence-electron chi connectivity index (χ3n) is 3.60. The van der Waals surface area contributed by atoms with Gasteiger partial charge in [0.15, 0.2) is 5.82 Å². The number of amides is 1. The van der Waals surface area contributed by atoms with E-state index in [4.69, 9.17) is 0 Å². The third-order valence-corrected chi connectivity index (χ3v) is 5.44. The zero-order valence-corrected chi connectivity index (χ0v) is 15.3.